The van der Waals surface area contributed by atoms with Gasteiger partial charge in [-0.05, 0) is 42.2 Å². The van der Waals surface area contributed by atoms with Gasteiger partial charge in [-0.2, -0.15) is 0 Å². The molecule has 1 heterocycles. The molecule has 2 aliphatic rings. The molecule has 2 aromatic carbocycles. The lowest BCUT2D eigenvalue weighted by Crippen LogP contribution is -2.42. The van der Waals surface area contributed by atoms with Gasteiger partial charge in [0, 0.05) is 11.0 Å². The monoisotopic (exact) mass is 279 g/mol. The van der Waals surface area contributed by atoms with Crippen molar-refractivity contribution in [2.45, 2.75) is 24.3 Å². The van der Waals surface area contributed by atoms with Gasteiger partial charge in [0.1, 0.15) is 5.75 Å². The Morgan fingerprint density at radius 2 is 1.90 bits per heavy atom. The SMILES string of the molecule is COc1ccc2c(c1)C1(CC1)C(c1ccccc1)NC2=O. The smallest absolute Gasteiger partial charge is 0.252 e. The summed E-state index contributed by atoms with van der Waals surface area (Å²) in [6.45, 7) is 0. The van der Waals surface area contributed by atoms with Crippen molar-refractivity contribution in [1.29, 1.82) is 0 Å². The number of ether oxygens (including phenoxy) is 1. The Kier molecular flexibility index (Phi) is 2.58. The zero-order valence-corrected chi connectivity index (χ0v) is 11.9. The van der Waals surface area contributed by atoms with E-state index in [4.69, 9.17) is 4.74 Å². The van der Waals surface area contributed by atoms with Crippen LogP contribution in [0.1, 0.15) is 40.4 Å². The van der Waals surface area contributed by atoms with Gasteiger partial charge < -0.3 is 10.1 Å². The summed E-state index contributed by atoms with van der Waals surface area (Å²) in [4.78, 5) is 12.4. The van der Waals surface area contributed by atoms with Gasteiger partial charge in [0.25, 0.3) is 5.91 Å². The molecular formula is C18H17NO2. The first-order chi connectivity index (χ1) is 10.2. The summed E-state index contributed by atoms with van der Waals surface area (Å²) in [5.74, 6) is 0.834. The minimum Gasteiger partial charge on any atom is -0.497 e. The number of hydrogen-bond acceptors (Lipinski definition) is 2. The summed E-state index contributed by atoms with van der Waals surface area (Å²) in [6, 6.07) is 16.1. The quantitative estimate of drug-likeness (QED) is 0.916. The number of methoxy groups -OCH3 is 1. The molecule has 2 aromatic rings. The van der Waals surface area contributed by atoms with Crippen molar-refractivity contribution in [1.82, 2.24) is 5.32 Å². The molecule has 3 heteroatoms. The summed E-state index contributed by atoms with van der Waals surface area (Å²) in [5, 5.41) is 3.20. The van der Waals surface area contributed by atoms with Crippen molar-refractivity contribution < 1.29 is 9.53 Å². The van der Waals surface area contributed by atoms with Gasteiger partial charge in [0.2, 0.25) is 0 Å². The second-order valence-electron chi connectivity index (χ2n) is 5.88. The van der Waals surface area contributed by atoms with Gasteiger partial charge in [-0.3, -0.25) is 4.79 Å². The lowest BCUT2D eigenvalue weighted by Gasteiger charge is -2.35. The van der Waals surface area contributed by atoms with E-state index in [1.54, 1.807) is 7.11 Å². The van der Waals surface area contributed by atoms with Crippen LogP contribution in [0.3, 0.4) is 0 Å². The van der Waals surface area contributed by atoms with Crippen molar-refractivity contribution in [3.05, 3.63) is 65.2 Å². The summed E-state index contributed by atoms with van der Waals surface area (Å²) in [6.07, 6.45) is 2.21. The van der Waals surface area contributed by atoms with Gasteiger partial charge in [0.15, 0.2) is 0 Å². The molecule has 0 aromatic heterocycles. The molecule has 0 saturated heterocycles. The zero-order valence-electron chi connectivity index (χ0n) is 11.9. The van der Waals surface area contributed by atoms with E-state index in [1.165, 1.54) is 5.56 Å². The summed E-state index contributed by atoms with van der Waals surface area (Å²) >= 11 is 0. The molecule has 106 valence electrons. The molecule has 1 saturated carbocycles. The second kappa shape index (κ2) is 4.35. The molecule has 1 amide bonds. The summed E-state index contributed by atoms with van der Waals surface area (Å²) in [5.41, 5.74) is 3.15. The Balaban J connectivity index is 1.86. The molecule has 3 nitrogen and oxygen atoms in total. The average molecular weight is 279 g/mol. The Morgan fingerprint density at radius 1 is 1.14 bits per heavy atom. The minimum absolute atomic E-state index is 0.0130. The van der Waals surface area contributed by atoms with Crippen LogP contribution in [0.4, 0.5) is 0 Å². The third-order valence-electron chi connectivity index (χ3n) is 4.76. The number of benzene rings is 2. The zero-order chi connectivity index (χ0) is 14.4. The van der Waals surface area contributed by atoms with Crippen LogP contribution in [0.25, 0.3) is 0 Å². The van der Waals surface area contributed by atoms with E-state index in [0.717, 1.165) is 29.7 Å². The lowest BCUT2D eigenvalue weighted by molar-refractivity contribution is 0.0909. The van der Waals surface area contributed by atoms with E-state index in [1.807, 2.05) is 36.4 Å². The molecular weight excluding hydrogens is 262 g/mol. The van der Waals surface area contributed by atoms with E-state index >= 15 is 0 Å². The largest absolute Gasteiger partial charge is 0.497 e. The van der Waals surface area contributed by atoms with Gasteiger partial charge in [-0.15, -0.1) is 0 Å². The van der Waals surface area contributed by atoms with Crippen LogP contribution in [0.2, 0.25) is 0 Å². The molecule has 0 radical (unpaired) electrons. The molecule has 1 unspecified atom stereocenters. The first-order valence-electron chi connectivity index (χ1n) is 7.29. The van der Waals surface area contributed by atoms with Crippen molar-refractivity contribution in [3.8, 4) is 5.75 Å². The van der Waals surface area contributed by atoms with E-state index < -0.39 is 0 Å². The van der Waals surface area contributed by atoms with E-state index in [0.29, 0.717) is 0 Å². The van der Waals surface area contributed by atoms with Crippen LogP contribution in [0.15, 0.2) is 48.5 Å². The number of nitrogens with one attached hydrogen (secondary N) is 1. The van der Waals surface area contributed by atoms with Gasteiger partial charge in [0.05, 0.1) is 13.2 Å². The first kappa shape index (κ1) is 12.5. The van der Waals surface area contributed by atoms with Crippen molar-refractivity contribution in [2.24, 2.45) is 0 Å². The number of rotatable bonds is 2. The normalized spacial score (nSPS) is 21.6. The highest BCUT2D eigenvalue weighted by molar-refractivity contribution is 5.98. The maximum absolute atomic E-state index is 12.4. The predicted molar refractivity (Wildman–Crippen MR) is 80.6 cm³/mol. The first-order valence-corrected chi connectivity index (χ1v) is 7.29. The van der Waals surface area contributed by atoms with Crippen LogP contribution in [0.5, 0.6) is 5.75 Å². The molecule has 1 spiro atoms. The number of hydrogen-bond donors (Lipinski definition) is 1. The Labute approximate surface area is 123 Å². The van der Waals surface area contributed by atoms with Gasteiger partial charge >= 0.3 is 0 Å². The predicted octanol–water partition coefficient (Wildman–Crippen LogP) is 3.21. The topological polar surface area (TPSA) is 38.3 Å². The second-order valence-corrected chi connectivity index (χ2v) is 5.88. The molecule has 21 heavy (non-hydrogen) atoms. The highest BCUT2D eigenvalue weighted by Gasteiger charge is 2.55. The number of fused-ring (bicyclic) bond motifs is 2. The average Bonchev–Trinajstić information content (AvgIpc) is 3.33. The van der Waals surface area contributed by atoms with Crippen molar-refractivity contribution in [3.63, 3.8) is 0 Å². The van der Waals surface area contributed by atoms with Crippen LogP contribution in [0, 0.1) is 0 Å². The maximum Gasteiger partial charge on any atom is 0.252 e. The lowest BCUT2D eigenvalue weighted by atomic mass is 9.78. The Bertz CT molecular complexity index is 704. The highest BCUT2D eigenvalue weighted by atomic mass is 16.5. The fourth-order valence-corrected chi connectivity index (χ4v) is 3.50. The van der Waals surface area contributed by atoms with Crippen molar-refractivity contribution in [2.75, 3.05) is 7.11 Å². The van der Waals surface area contributed by atoms with Crippen LogP contribution >= 0.6 is 0 Å². The van der Waals surface area contributed by atoms with Crippen molar-refractivity contribution >= 4 is 5.91 Å². The number of carbonyl (C=O) groups excluding carboxylic acids is 1. The van der Waals surface area contributed by atoms with E-state index in [-0.39, 0.29) is 17.4 Å². The minimum atomic E-state index is 0.0130. The fraction of sp³-hybridized carbons (Fsp3) is 0.278. The third kappa shape index (κ3) is 1.77. The third-order valence-corrected chi connectivity index (χ3v) is 4.76. The molecule has 1 N–H and O–H groups in total. The van der Waals surface area contributed by atoms with Gasteiger partial charge in [-0.25, -0.2) is 0 Å². The van der Waals surface area contributed by atoms with Gasteiger partial charge in [-0.1, -0.05) is 30.3 Å². The Hall–Kier alpha value is -2.29. The Morgan fingerprint density at radius 3 is 2.57 bits per heavy atom. The maximum atomic E-state index is 12.4. The summed E-state index contributed by atoms with van der Waals surface area (Å²) < 4.78 is 5.35. The summed E-state index contributed by atoms with van der Waals surface area (Å²) in [7, 11) is 1.67. The fourth-order valence-electron chi connectivity index (χ4n) is 3.50. The molecule has 4 rings (SSSR count). The molecule has 1 aliphatic carbocycles. The van der Waals surface area contributed by atoms with E-state index in [2.05, 4.69) is 17.4 Å². The molecule has 1 aliphatic heterocycles. The number of carbonyl (C=O) groups is 1. The molecule has 0 bridgehead atoms. The molecule has 1 atom stereocenters. The van der Waals surface area contributed by atoms with Crippen LogP contribution in [-0.2, 0) is 5.41 Å². The highest BCUT2D eigenvalue weighted by Crippen LogP contribution is 2.59. The van der Waals surface area contributed by atoms with Crippen LogP contribution in [-0.4, -0.2) is 13.0 Å². The van der Waals surface area contributed by atoms with Crippen LogP contribution < -0.4 is 10.1 Å². The molecule has 1 fully saturated rings. The standard InChI is InChI=1S/C18H17NO2/c1-21-13-7-8-14-15(11-13)18(9-10-18)16(19-17(14)20)12-5-3-2-4-6-12/h2-8,11,16H,9-10H2,1H3,(H,19,20). The van der Waals surface area contributed by atoms with E-state index in [9.17, 15) is 4.79 Å². The number of amides is 1.